The zero-order valence-corrected chi connectivity index (χ0v) is 6.92. The summed E-state index contributed by atoms with van der Waals surface area (Å²) in [6.45, 7) is 1.93. The lowest BCUT2D eigenvalue weighted by Gasteiger charge is -2.07. The minimum absolute atomic E-state index is 0.176. The zero-order valence-electron chi connectivity index (χ0n) is 6.92. The molecular formula is C7H17N3O. The Morgan fingerprint density at radius 1 is 1.36 bits per heavy atom. The topological polar surface area (TPSA) is 95.1 Å². The molecule has 0 aliphatic carbocycles. The van der Waals surface area contributed by atoms with Gasteiger partial charge in [0.1, 0.15) is 0 Å². The molecule has 0 saturated heterocycles. The first-order valence-corrected chi connectivity index (χ1v) is 3.84. The lowest BCUT2D eigenvalue weighted by atomic mass is 10.1. The largest absolute Gasteiger partial charge is 0.368 e. The number of primary amides is 1. The quantitative estimate of drug-likeness (QED) is 0.495. The third kappa shape index (κ3) is 5.82. The number of hydrogen-bond donors (Lipinski definition) is 3. The Kier molecular flexibility index (Phi) is 4.81. The molecule has 4 heteroatoms. The third-order valence-corrected chi connectivity index (χ3v) is 1.54. The average molecular weight is 159 g/mol. The van der Waals surface area contributed by atoms with Crippen molar-refractivity contribution >= 4 is 5.91 Å². The van der Waals surface area contributed by atoms with Gasteiger partial charge in [0, 0.05) is 6.04 Å². The van der Waals surface area contributed by atoms with Crippen LogP contribution < -0.4 is 17.2 Å². The van der Waals surface area contributed by atoms with Crippen LogP contribution in [0.15, 0.2) is 0 Å². The number of nitrogens with two attached hydrogens (primary N) is 3. The van der Waals surface area contributed by atoms with Crippen molar-refractivity contribution in [1.29, 1.82) is 0 Å². The van der Waals surface area contributed by atoms with E-state index in [1.807, 2.05) is 6.92 Å². The second-order valence-electron chi connectivity index (χ2n) is 2.92. The van der Waals surface area contributed by atoms with Gasteiger partial charge in [-0.1, -0.05) is 0 Å². The Labute approximate surface area is 67.1 Å². The molecule has 0 aromatic heterocycles. The van der Waals surface area contributed by atoms with Gasteiger partial charge < -0.3 is 17.2 Å². The first-order chi connectivity index (χ1) is 5.04. The first-order valence-electron chi connectivity index (χ1n) is 3.84. The van der Waals surface area contributed by atoms with Crippen LogP contribution in [-0.4, -0.2) is 18.0 Å². The van der Waals surface area contributed by atoms with Gasteiger partial charge in [0.2, 0.25) is 5.91 Å². The summed E-state index contributed by atoms with van der Waals surface area (Å²) in [7, 11) is 0. The van der Waals surface area contributed by atoms with Gasteiger partial charge in [0.05, 0.1) is 6.04 Å². The van der Waals surface area contributed by atoms with Gasteiger partial charge >= 0.3 is 0 Å². The maximum atomic E-state index is 10.4. The van der Waals surface area contributed by atoms with Crippen molar-refractivity contribution in [2.24, 2.45) is 17.2 Å². The molecular weight excluding hydrogens is 142 g/mol. The van der Waals surface area contributed by atoms with Crippen LogP contribution in [0.4, 0.5) is 0 Å². The van der Waals surface area contributed by atoms with Crippen LogP contribution in [-0.2, 0) is 4.79 Å². The summed E-state index contributed by atoms with van der Waals surface area (Å²) in [5.74, 6) is -0.435. The molecule has 11 heavy (non-hydrogen) atoms. The number of carbonyl (C=O) groups excluding carboxylic acids is 1. The fourth-order valence-corrected chi connectivity index (χ4v) is 0.802. The molecule has 0 radical (unpaired) electrons. The Balaban J connectivity index is 3.31. The van der Waals surface area contributed by atoms with Gasteiger partial charge in [-0.15, -0.1) is 0 Å². The molecule has 0 rings (SSSR count). The van der Waals surface area contributed by atoms with E-state index in [0.717, 1.165) is 12.8 Å². The Morgan fingerprint density at radius 2 is 1.91 bits per heavy atom. The van der Waals surface area contributed by atoms with E-state index < -0.39 is 11.9 Å². The van der Waals surface area contributed by atoms with Crippen molar-refractivity contribution in [3.8, 4) is 0 Å². The Morgan fingerprint density at radius 3 is 2.27 bits per heavy atom. The van der Waals surface area contributed by atoms with Crippen molar-refractivity contribution in [3.63, 3.8) is 0 Å². The summed E-state index contributed by atoms with van der Waals surface area (Å²) >= 11 is 0. The smallest absolute Gasteiger partial charge is 0.234 e. The van der Waals surface area contributed by atoms with Gasteiger partial charge in [0.15, 0.2) is 0 Å². The predicted molar refractivity (Wildman–Crippen MR) is 44.7 cm³/mol. The highest BCUT2D eigenvalue weighted by molar-refractivity contribution is 5.79. The number of amides is 1. The summed E-state index contributed by atoms with van der Waals surface area (Å²) in [4.78, 5) is 10.4. The van der Waals surface area contributed by atoms with Gasteiger partial charge in [-0.2, -0.15) is 0 Å². The van der Waals surface area contributed by atoms with Crippen LogP contribution in [0.2, 0.25) is 0 Å². The minimum Gasteiger partial charge on any atom is -0.368 e. The molecule has 0 heterocycles. The second-order valence-corrected chi connectivity index (χ2v) is 2.92. The van der Waals surface area contributed by atoms with Crippen LogP contribution in [0.3, 0.4) is 0 Å². The molecule has 4 nitrogen and oxygen atoms in total. The maximum Gasteiger partial charge on any atom is 0.234 e. The van der Waals surface area contributed by atoms with Crippen molar-refractivity contribution in [2.75, 3.05) is 0 Å². The standard InChI is InChI=1S/C7H17N3O/c1-5(8)3-2-4-6(9)7(10)11/h5-6H,2-4,8-9H2,1H3,(H2,10,11). The van der Waals surface area contributed by atoms with E-state index in [1.54, 1.807) is 0 Å². The van der Waals surface area contributed by atoms with E-state index in [9.17, 15) is 4.79 Å². The third-order valence-electron chi connectivity index (χ3n) is 1.54. The molecule has 66 valence electrons. The summed E-state index contributed by atoms with van der Waals surface area (Å²) in [6, 6.07) is -0.330. The van der Waals surface area contributed by atoms with Crippen molar-refractivity contribution in [2.45, 2.75) is 38.3 Å². The molecule has 0 saturated carbocycles. The van der Waals surface area contributed by atoms with Gasteiger partial charge in [-0.3, -0.25) is 4.79 Å². The SMILES string of the molecule is CC(N)CCCC(N)C(N)=O. The van der Waals surface area contributed by atoms with Crippen LogP contribution in [0, 0.1) is 0 Å². The van der Waals surface area contributed by atoms with E-state index in [1.165, 1.54) is 0 Å². The van der Waals surface area contributed by atoms with Crippen LogP contribution in [0.25, 0.3) is 0 Å². The molecule has 6 N–H and O–H groups in total. The molecule has 0 spiro atoms. The molecule has 0 fully saturated rings. The number of carbonyl (C=O) groups is 1. The first kappa shape index (κ1) is 10.4. The van der Waals surface area contributed by atoms with E-state index >= 15 is 0 Å². The summed E-state index contributed by atoms with van der Waals surface area (Å²) in [6.07, 6.45) is 2.39. The van der Waals surface area contributed by atoms with Gasteiger partial charge in [0.25, 0.3) is 0 Å². The molecule has 0 aromatic rings. The number of hydrogen-bond acceptors (Lipinski definition) is 3. The van der Waals surface area contributed by atoms with Gasteiger partial charge in [-0.25, -0.2) is 0 Å². The molecule has 1 amide bonds. The van der Waals surface area contributed by atoms with E-state index in [0.29, 0.717) is 6.42 Å². The van der Waals surface area contributed by atoms with E-state index in [2.05, 4.69) is 0 Å². The molecule has 2 unspecified atom stereocenters. The van der Waals surface area contributed by atoms with E-state index in [-0.39, 0.29) is 6.04 Å². The van der Waals surface area contributed by atoms with Crippen LogP contribution in [0.1, 0.15) is 26.2 Å². The highest BCUT2D eigenvalue weighted by Crippen LogP contribution is 2.00. The Hall–Kier alpha value is -0.610. The second kappa shape index (κ2) is 5.09. The molecule has 0 aromatic carbocycles. The van der Waals surface area contributed by atoms with E-state index in [4.69, 9.17) is 17.2 Å². The lowest BCUT2D eigenvalue weighted by Crippen LogP contribution is -2.36. The van der Waals surface area contributed by atoms with Gasteiger partial charge in [-0.05, 0) is 26.2 Å². The predicted octanol–water partition coefficient (Wildman–Crippen LogP) is -0.683. The van der Waals surface area contributed by atoms with Crippen molar-refractivity contribution in [3.05, 3.63) is 0 Å². The molecule has 0 aliphatic heterocycles. The highest BCUT2D eigenvalue weighted by atomic mass is 16.1. The molecule has 0 bridgehead atoms. The summed E-state index contributed by atoms with van der Waals surface area (Å²) < 4.78 is 0. The fourth-order valence-electron chi connectivity index (χ4n) is 0.802. The summed E-state index contributed by atoms with van der Waals surface area (Å²) in [5.41, 5.74) is 15.8. The minimum atomic E-state index is -0.506. The normalized spacial score (nSPS) is 15.9. The molecule has 0 aliphatic rings. The molecule has 2 atom stereocenters. The number of rotatable bonds is 5. The van der Waals surface area contributed by atoms with Crippen LogP contribution >= 0.6 is 0 Å². The van der Waals surface area contributed by atoms with Crippen molar-refractivity contribution in [1.82, 2.24) is 0 Å². The zero-order chi connectivity index (χ0) is 8.85. The average Bonchev–Trinajstić information content (AvgIpc) is 1.86. The fraction of sp³-hybridized carbons (Fsp3) is 0.857. The highest BCUT2D eigenvalue weighted by Gasteiger charge is 2.08. The maximum absolute atomic E-state index is 10.4. The van der Waals surface area contributed by atoms with Crippen molar-refractivity contribution < 1.29 is 4.79 Å². The summed E-state index contributed by atoms with van der Waals surface area (Å²) in [5, 5.41) is 0. The van der Waals surface area contributed by atoms with Crippen LogP contribution in [0.5, 0.6) is 0 Å². The Bertz CT molecular complexity index is 125. The lowest BCUT2D eigenvalue weighted by molar-refractivity contribution is -0.119. The monoisotopic (exact) mass is 159 g/mol.